The lowest BCUT2D eigenvalue weighted by atomic mass is 9.84. The molecule has 28 heavy (non-hydrogen) atoms. The number of hydrogen-bond donors (Lipinski definition) is 1. The number of nitrogens with two attached hydrogens (primary N) is 1. The van der Waals surface area contributed by atoms with E-state index in [0.29, 0.717) is 38.2 Å². The van der Waals surface area contributed by atoms with Gasteiger partial charge in [-0.3, -0.25) is 4.68 Å². The van der Waals surface area contributed by atoms with Gasteiger partial charge in [0.1, 0.15) is 23.8 Å². The Kier molecular flexibility index (Phi) is 4.29. The largest absolute Gasteiger partial charge is 0.444 e. The van der Waals surface area contributed by atoms with Crippen LogP contribution in [0.25, 0.3) is 11.4 Å². The summed E-state index contributed by atoms with van der Waals surface area (Å²) in [5.74, 6) is 0. The monoisotopic (exact) mass is 387 g/mol. The number of hydrogen-bond acceptors (Lipinski definition) is 7. The molecule has 1 amide bonds. The van der Waals surface area contributed by atoms with Crippen molar-refractivity contribution < 1.29 is 18.8 Å². The Morgan fingerprint density at radius 1 is 1.46 bits per heavy atom. The fourth-order valence-electron chi connectivity index (χ4n) is 3.86. The second-order valence-corrected chi connectivity index (χ2v) is 8.63. The Morgan fingerprint density at radius 2 is 2.25 bits per heavy atom. The zero-order valence-corrected chi connectivity index (χ0v) is 16.4. The molecular formula is C19H25N5O4. The van der Waals surface area contributed by atoms with Crippen LogP contribution in [0.5, 0.6) is 0 Å². The van der Waals surface area contributed by atoms with Crippen molar-refractivity contribution in [3.8, 4) is 11.4 Å². The molecule has 0 aliphatic carbocycles. The van der Waals surface area contributed by atoms with E-state index in [0.717, 1.165) is 28.8 Å². The lowest BCUT2D eigenvalue weighted by molar-refractivity contribution is -0.116. The number of amides is 1. The van der Waals surface area contributed by atoms with Crippen LogP contribution in [0.15, 0.2) is 10.8 Å². The maximum Gasteiger partial charge on any atom is 0.410 e. The maximum atomic E-state index is 12.6. The normalized spacial score (nSPS) is 21.4. The van der Waals surface area contributed by atoms with Gasteiger partial charge >= 0.3 is 6.09 Å². The molecule has 1 unspecified atom stereocenters. The molecule has 2 aromatic rings. The molecule has 0 fully saturated rings. The Morgan fingerprint density at radius 3 is 2.93 bits per heavy atom. The van der Waals surface area contributed by atoms with Crippen molar-refractivity contribution in [2.45, 2.75) is 52.3 Å². The molecule has 0 aromatic carbocycles. The number of nitrogens with zero attached hydrogens (tertiary/aromatic N) is 4. The zero-order chi connectivity index (χ0) is 20.1. The van der Waals surface area contributed by atoms with Crippen molar-refractivity contribution in [1.29, 1.82) is 0 Å². The molecule has 2 N–H and O–H groups in total. The second-order valence-electron chi connectivity index (χ2n) is 8.63. The first-order valence-corrected chi connectivity index (χ1v) is 9.42. The molecule has 0 radical (unpaired) electrons. The Hall–Kier alpha value is -2.68. The molecule has 0 spiro atoms. The highest BCUT2D eigenvalue weighted by molar-refractivity contribution is 5.72. The topological polar surface area (TPSA) is 116 Å². The summed E-state index contributed by atoms with van der Waals surface area (Å²) in [6.07, 6.45) is 3.17. The standard InChI is InChI=1S/C19H25N5O4/c1-18(2,3)28-17(26)23-5-4-14-13(7-23)16-15-12(8-27-22-15)6-19(9-20,11-25)10-24(16)21-14/h8,11H,4-7,9-10,20H2,1-3H3. The summed E-state index contributed by atoms with van der Waals surface area (Å²) in [5.41, 5.74) is 8.75. The highest BCUT2D eigenvalue weighted by Crippen LogP contribution is 2.38. The highest BCUT2D eigenvalue weighted by atomic mass is 16.6. The van der Waals surface area contributed by atoms with Gasteiger partial charge in [-0.25, -0.2) is 4.79 Å². The molecule has 150 valence electrons. The van der Waals surface area contributed by atoms with Crippen molar-refractivity contribution in [2.75, 3.05) is 13.1 Å². The van der Waals surface area contributed by atoms with Gasteiger partial charge in [-0.15, -0.1) is 0 Å². The van der Waals surface area contributed by atoms with E-state index >= 15 is 0 Å². The summed E-state index contributed by atoms with van der Waals surface area (Å²) in [6.45, 7) is 7.02. The van der Waals surface area contributed by atoms with Crippen LogP contribution in [-0.4, -0.2) is 50.9 Å². The van der Waals surface area contributed by atoms with Crippen LogP contribution in [0, 0.1) is 5.41 Å². The van der Waals surface area contributed by atoms with Crippen LogP contribution < -0.4 is 5.73 Å². The predicted octanol–water partition coefficient (Wildman–Crippen LogP) is 1.53. The van der Waals surface area contributed by atoms with E-state index in [-0.39, 0.29) is 12.6 Å². The maximum absolute atomic E-state index is 12.6. The van der Waals surface area contributed by atoms with Crippen LogP contribution in [-0.2, 0) is 35.5 Å². The minimum atomic E-state index is -0.759. The van der Waals surface area contributed by atoms with Gasteiger partial charge in [-0.1, -0.05) is 5.16 Å². The van der Waals surface area contributed by atoms with Gasteiger partial charge in [-0.2, -0.15) is 5.10 Å². The average Bonchev–Trinajstić information content (AvgIpc) is 3.19. The van der Waals surface area contributed by atoms with E-state index in [1.54, 1.807) is 15.8 Å². The SMILES string of the molecule is CC(C)(C)OC(=O)N1CCc2nn3c(c2C1)-c1nocc1CC(C=O)(CN)C3. The summed E-state index contributed by atoms with van der Waals surface area (Å²) in [6, 6.07) is 0. The predicted molar refractivity (Wildman–Crippen MR) is 99.3 cm³/mol. The van der Waals surface area contributed by atoms with E-state index < -0.39 is 11.0 Å². The third kappa shape index (κ3) is 3.09. The summed E-state index contributed by atoms with van der Waals surface area (Å²) in [4.78, 5) is 26.1. The van der Waals surface area contributed by atoms with Gasteiger partial charge < -0.3 is 24.7 Å². The lowest BCUT2D eigenvalue weighted by Gasteiger charge is -2.29. The first kappa shape index (κ1) is 18.7. The van der Waals surface area contributed by atoms with E-state index in [1.165, 1.54) is 0 Å². The molecular weight excluding hydrogens is 362 g/mol. The lowest BCUT2D eigenvalue weighted by Crippen LogP contribution is -2.39. The van der Waals surface area contributed by atoms with E-state index in [2.05, 4.69) is 5.16 Å². The third-order valence-electron chi connectivity index (χ3n) is 5.28. The van der Waals surface area contributed by atoms with Gasteiger partial charge in [0.05, 0.1) is 29.9 Å². The van der Waals surface area contributed by atoms with Crippen molar-refractivity contribution in [3.05, 3.63) is 23.1 Å². The zero-order valence-electron chi connectivity index (χ0n) is 16.4. The minimum absolute atomic E-state index is 0.203. The van der Waals surface area contributed by atoms with Crippen LogP contribution >= 0.6 is 0 Å². The molecule has 1 atom stereocenters. The Labute approximate surface area is 162 Å². The molecule has 4 heterocycles. The second kappa shape index (κ2) is 6.44. The number of aldehydes is 1. The van der Waals surface area contributed by atoms with Gasteiger partial charge in [0.2, 0.25) is 0 Å². The van der Waals surface area contributed by atoms with Crippen LogP contribution in [0.1, 0.15) is 37.6 Å². The molecule has 0 saturated heterocycles. The first-order valence-electron chi connectivity index (χ1n) is 9.42. The molecule has 2 aromatic heterocycles. The van der Waals surface area contributed by atoms with Gasteiger partial charge in [-0.05, 0) is 27.2 Å². The Balaban J connectivity index is 1.74. The molecule has 4 rings (SSSR count). The van der Waals surface area contributed by atoms with E-state index in [9.17, 15) is 9.59 Å². The molecule has 2 aliphatic heterocycles. The van der Waals surface area contributed by atoms with E-state index in [1.807, 2.05) is 20.8 Å². The van der Waals surface area contributed by atoms with Crippen LogP contribution in [0.2, 0.25) is 0 Å². The fourth-order valence-corrected chi connectivity index (χ4v) is 3.86. The number of fused-ring (bicyclic) bond motifs is 5. The van der Waals surface area contributed by atoms with Crippen LogP contribution in [0.4, 0.5) is 4.79 Å². The van der Waals surface area contributed by atoms with Gasteiger partial charge in [0, 0.05) is 30.6 Å². The summed E-state index contributed by atoms with van der Waals surface area (Å²) in [5, 5.41) is 8.91. The molecule has 0 saturated carbocycles. The van der Waals surface area contributed by atoms with Gasteiger partial charge in [0.25, 0.3) is 0 Å². The average molecular weight is 387 g/mol. The van der Waals surface area contributed by atoms with Crippen molar-refractivity contribution in [1.82, 2.24) is 19.8 Å². The Bertz CT molecular complexity index is 925. The van der Waals surface area contributed by atoms with Crippen LogP contribution in [0.3, 0.4) is 0 Å². The number of carbonyl (C=O) groups is 2. The molecule has 9 nitrogen and oxygen atoms in total. The summed E-state index contributed by atoms with van der Waals surface area (Å²) in [7, 11) is 0. The smallest absolute Gasteiger partial charge is 0.410 e. The number of rotatable bonds is 2. The fraction of sp³-hybridized carbons (Fsp3) is 0.579. The third-order valence-corrected chi connectivity index (χ3v) is 5.28. The van der Waals surface area contributed by atoms with Crippen molar-refractivity contribution in [2.24, 2.45) is 11.1 Å². The highest BCUT2D eigenvalue weighted by Gasteiger charge is 2.39. The van der Waals surface area contributed by atoms with Crippen molar-refractivity contribution in [3.63, 3.8) is 0 Å². The quantitative estimate of drug-likeness (QED) is 0.777. The molecule has 2 aliphatic rings. The number of ether oxygens (including phenoxy) is 1. The summed E-state index contributed by atoms with van der Waals surface area (Å²) < 4.78 is 12.5. The number of aromatic nitrogens is 3. The van der Waals surface area contributed by atoms with Gasteiger partial charge in [0.15, 0.2) is 0 Å². The number of carbonyl (C=O) groups excluding carboxylic acids is 2. The van der Waals surface area contributed by atoms with Crippen molar-refractivity contribution >= 4 is 12.4 Å². The molecule has 9 heteroatoms. The molecule has 0 bridgehead atoms. The minimum Gasteiger partial charge on any atom is -0.444 e. The van der Waals surface area contributed by atoms with E-state index in [4.69, 9.17) is 20.1 Å². The first-order chi connectivity index (χ1) is 13.3. The summed E-state index contributed by atoms with van der Waals surface area (Å²) >= 11 is 0.